The Hall–Kier alpha value is -0.650. The van der Waals surface area contributed by atoms with Crippen molar-refractivity contribution in [3.8, 4) is 0 Å². The van der Waals surface area contributed by atoms with E-state index in [9.17, 15) is 4.79 Å². The molecule has 1 aliphatic carbocycles. The first-order valence-corrected chi connectivity index (χ1v) is 6.44. The van der Waals surface area contributed by atoms with Gasteiger partial charge >= 0.3 is 0 Å². The summed E-state index contributed by atoms with van der Waals surface area (Å²) in [5.74, 6) is 0.0488. The predicted molar refractivity (Wildman–Crippen MR) is 63.6 cm³/mol. The van der Waals surface area contributed by atoms with Crippen molar-refractivity contribution in [2.24, 2.45) is 5.92 Å². The van der Waals surface area contributed by atoms with Crippen LogP contribution in [0, 0.1) is 5.92 Å². The van der Waals surface area contributed by atoms with Crippen LogP contribution in [-0.4, -0.2) is 61.4 Å². The number of hydrogen-bond donors (Lipinski definition) is 2. The van der Waals surface area contributed by atoms with Gasteiger partial charge < -0.3 is 20.1 Å². The van der Waals surface area contributed by atoms with Crippen LogP contribution in [-0.2, 0) is 9.53 Å². The number of carbonyl (C=O) groups excluding carboxylic acids is 1. The van der Waals surface area contributed by atoms with Crippen LogP contribution in [0.2, 0.25) is 0 Å². The summed E-state index contributed by atoms with van der Waals surface area (Å²) in [5, 5.41) is 12.2. The monoisotopic (exact) mass is 242 g/mol. The number of amides is 1. The molecule has 5 heteroatoms. The molecule has 2 fully saturated rings. The summed E-state index contributed by atoms with van der Waals surface area (Å²) in [6.45, 7) is 1.60. The molecule has 1 saturated carbocycles. The lowest BCUT2D eigenvalue weighted by Crippen LogP contribution is -2.51. The maximum atomic E-state index is 12.4. The summed E-state index contributed by atoms with van der Waals surface area (Å²) in [6, 6.07) is 0.455. The molecular formula is C12H22N2O3. The highest BCUT2D eigenvalue weighted by atomic mass is 16.5. The number of ether oxygens (including phenoxy) is 1. The predicted octanol–water partition coefficient (Wildman–Crippen LogP) is -0.406. The molecule has 1 heterocycles. The molecule has 0 spiro atoms. The number of rotatable bonds is 5. The van der Waals surface area contributed by atoms with Gasteiger partial charge in [-0.15, -0.1) is 0 Å². The highest BCUT2D eigenvalue weighted by Gasteiger charge is 2.38. The third kappa shape index (κ3) is 2.61. The van der Waals surface area contributed by atoms with E-state index in [0.29, 0.717) is 25.8 Å². The van der Waals surface area contributed by atoms with Gasteiger partial charge in [0.25, 0.3) is 0 Å². The van der Waals surface area contributed by atoms with Crippen LogP contribution in [0.5, 0.6) is 0 Å². The Kier molecular flexibility index (Phi) is 4.36. The molecule has 2 atom stereocenters. The Bertz CT molecular complexity index is 268. The largest absolute Gasteiger partial charge is 0.395 e. The van der Waals surface area contributed by atoms with Crippen LogP contribution in [0.15, 0.2) is 0 Å². The Morgan fingerprint density at radius 1 is 1.47 bits per heavy atom. The molecule has 5 nitrogen and oxygen atoms in total. The van der Waals surface area contributed by atoms with E-state index in [1.54, 1.807) is 0 Å². The van der Waals surface area contributed by atoms with E-state index < -0.39 is 0 Å². The molecule has 2 N–H and O–H groups in total. The van der Waals surface area contributed by atoms with Crippen molar-refractivity contribution in [1.82, 2.24) is 10.2 Å². The molecule has 0 aromatic heterocycles. The lowest BCUT2D eigenvalue weighted by atomic mass is 9.89. The fourth-order valence-electron chi connectivity index (χ4n) is 2.57. The molecule has 0 aromatic rings. The summed E-state index contributed by atoms with van der Waals surface area (Å²) in [5.41, 5.74) is 0. The molecule has 0 radical (unpaired) electrons. The topological polar surface area (TPSA) is 61.8 Å². The van der Waals surface area contributed by atoms with Gasteiger partial charge in [0.2, 0.25) is 5.91 Å². The van der Waals surface area contributed by atoms with E-state index >= 15 is 0 Å². The molecule has 2 aliphatic rings. The van der Waals surface area contributed by atoms with Gasteiger partial charge in [0, 0.05) is 18.6 Å². The van der Waals surface area contributed by atoms with Gasteiger partial charge in [-0.3, -0.25) is 4.79 Å². The summed E-state index contributed by atoms with van der Waals surface area (Å²) in [6.07, 6.45) is 3.34. The smallest absolute Gasteiger partial charge is 0.230 e. The molecular weight excluding hydrogens is 220 g/mol. The summed E-state index contributed by atoms with van der Waals surface area (Å²) >= 11 is 0. The lowest BCUT2D eigenvalue weighted by molar-refractivity contribution is -0.140. The van der Waals surface area contributed by atoms with Gasteiger partial charge in [-0.2, -0.15) is 0 Å². The van der Waals surface area contributed by atoms with Crippen LogP contribution < -0.4 is 5.32 Å². The van der Waals surface area contributed by atoms with Crippen LogP contribution in [0.3, 0.4) is 0 Å². The van der Waals surface area contributed by atoms with Crippen LogP contribution in [0.1, 0.15) is 19.3 Å². The first-order chi connectivity index (χ1) is 8.27. The van der Waals surface area contributed by atoms with Crippen molar-refractivity contribution in [3.05, 3.63) is 0 Å². The van der Waals surface area contributed by atoms with Gasteiger partial charge in [-0.05, 0) is 26.3 Å². The summed E-state index contributed by atoms with van der Waals surface area (Å²) in [7, 11) is 1.86. The van der Waals surface area contributed by atoms with E-state index in [1.165, 1.54) is 6.42 Å². The zero-order valence-corrected chi connectivity index (χ0v) is 10.4. The fourth-order valence-corrected chi connectivity index (χ4v) is 2.57. The molecule has 1 amide bonds. The van der Waals surface area contributed by atoms with Gasteiger partial charge in [0.1, 0.15) is 0 Å². The SMILES string of the molecule is CNC1COCC1C(=O)N(CCO)C1CCC1. The average Bonchev–Trinajstić information content (AvgIpc) is 2.73. The first-order valence-electron chi connectivity index (χ1n) is 6.44. The molecule has 2 unspecified atom stereocenters. The van der Waals surface area contributed by atoms with Gasteiger partial charge in [0.05, 0.1) is 25.7 Å². The number of aliphatic hydroxyl groups excluding tert-OH is 1. The highest BCUT2D eigenvalue weighted by molar-refractivity contribution is 5.80. The van der Waals surface area contributed by atoms with E-state index in [0.717, 1.165) is 12.8 Å². The molecule has 17 heavy (non-hydrogen) atoms. The number of aliphatic hydroxyl groups is 1. The molecule has 98 valence electrons. The van der Waals surface area contributed by atoms with Crippen molar-refractivity contribution < 1.29 is 14.6 Å². The third-order valence-electron chi connectivity index (χ3n) is 3.91. The van der Waals surface area contributed by atoms with Crippen LogP contribution in [0.25, 0.3) is 0 Å². The van der Waals surface area contributed by atoms with E-state index in [4.69, 9.17) is 9.84 Å². The van der Waals surface area contributed by atoms with Gasteiger partial charge in [0.15, 0.2) is 0 Å². The summed E-state index contributed by atoms with van der Waals surface area (Å²) < 4.78 is 5.37. The molecule has 1 saturated heterocycles. The maximum absolute atomic E-state index is 12.4. The zero-order valence-electron chi connectivity index (χ0n) is 10.4. The Labute approximate surface area is 102 Å². The first kappa shape index (κ1) is 12.8. The minimum absolute atomic E-state index is 0.0417. The number of hydrogen-bond acceptors (Lipinski definition) is 4. The number of nitrogens with one attached hydrogen (secondary N) is 1. The normalized spacial score (nSPS) is 29.1. The number of likely N-dealkylation sites (N-methyl/N-ethyl adjacent to an activating group) is 1. The molecule has 2 rings (SSSR count). The van der Waals surface area contributed by atoms with Gasteiger partial charge in [-0.25, -0.2) is 0 Å². The van der Waals surface area contributed by atoms with Crippen LogP contribution in [0.4, 0.5) is 0 Å². The van der Waals surface area contributed by atoms with Crippen molar-refractivity contribution in [2.75, 3.05) is 33.4 Å². The minimum Gasteiger partial charge on any atom is -0.395 e. The average molecular weight is 242 g/mol. The van der Waals surface area contributed by atoms with Crippen molar-refractivity contribution in [2.45, 2.75) is 31.3 Å². The fraction of sp³-hybridized carbons (Fsp3) is 0.917. The maximum Gasteiger partial charge on any atom is 0.230 e. The zero-order chi connectivity index (χ0) is 12.3. The molecule has 0 bridgehead atoms. The van der Waals surface area contributed by atoms with Crippen LogP contribution >= 0.6 is 0 Å². The molecule has 1 aliphatic heterocycles. The van der Waals surface area contributed by atoms with Crippen molar-refractivity contribution in [1.29, 1.82) is 0 Å². The Morgan fingerprint density at radius 3 is 2.76 bits per heavy atom. The third-order valence-corrected chi connectivity index (χ3v) is 3.91. The quantitative estimate of drug-likeness (QED) is 0.688. The second kappa shape index (κ2) is 5.80. The van der Waals surface area contributed by atoms with E-state index in [2.05, 4.69) is 5.32 Å². The lowest BCUT2D eigenvalue weighted by Gasteiger charge is -2.39. The standard InChI is InChI=1S/C12H22N2O3/c1-13-11-8-17-7-10(11)12(16)14(5-6-15)9-3-2-4-9/h9-11,13,15H,2-8H2,1H3. The summed E-state index contributed by atoms with van der Waals surface area (Å²) in [4.78, 5) is 14.3. The number of nitrogens with zero attached hydrogens (tertiary/aromatic N) is 1. The second-order valence-corrected chi connectivity index (χ2v) is 4.88. The number of carbonyl (C=O) groups is 1. The molecule has 0 aromatic carbocycles. The minimum atomic E-state index is -0.0906. The van der Waals surface area contributed by atoms with E-state index in [-0.39, 0.29) is 24.5 Å². The highest BCUT2D eigenvalue weighted by Crippen LogP contribution is 2.27. The van der Waals surface area contributed by atoms with Gasteiger partial charge in [-0.1, -0.05) is 0 Å². The Balaban J connectivity index is 1.99. The van der Waals surface area contributed by atoms with Crippen molar-refractivity contribution in [3.63, 3.8) is 0 Å². The Morgan fingerprint density at radius 2 is 2.24 bits per heavy atom. The second-order valence-electron chi connectivity index (χ2n) is 4.88. The van der Waals surface area contributed by atoms with E-state index in [1.807, 2.05) is 11.9 Å². The van der Waals surface area contributed by atoms with Crippen molar-refractivity contribution >= 4 is 5.91 Å².